The molecule has 0 aromatic rings. The number of allylic oxidation sites excluding steroid dienone is 1. The minimum Gasteiger partial charge on any atom is -0.483 e. The van der Waals surface area contributed by atoms with Gasteiger partial charge in [0.2, 0.25) is 0 Å². The molecule has 0 aliphatic heterocycles. The summed E-state index contributed by atoms with van der Waals surface area (Å²) in [6, 6.07) is 0.643. The standard InChI is InChI=1S/C10H19NO/c1-3-10(12-2)11-9-7-5-4-6-8-9/h3,9,11H,4-8H2,1-2H3/b10-3-. The van der Waals surface area contributed by atoms with E-state index in [1.807, 2.05) is 13.0 Å². The molecule has 0 unspecified atom stereocenters. The van der Waals surface area contributed by atoms with E-state index in [2.05, 4.69) is 5.32 Å². The van der Waals surface area contributed by atoms with Crippen LogP contribution in [0, 0.1) is 0 Å². The molecule has 0 aromatic carbocycles. The van der Waals surface area contributed by atoms with E-state index in [0.29, 0.717) is 6.04 Å². The lowest BCUT2D eigenvalue weighted by molar-refractivity contribution is 0.235. The first-order valence-corrected chi connectivity index (χ1v) is 4.83. The average Bonchev–Trinajstić information content (AvgIpc) is 2.16. The van der Waals surface area contributed by atoms with Gasteiger partial charge in [0.05, 0.1) is 7.11 Å². The minimum atomic E-state index is 0.643. The van der Waals surface area contributed by atoms with Crippen LogP contribution in [0.3, 0.4) is 0 Å². The summed E-state index contributed by atoms with van der Waals surface area (Å²) in [5.74, 6) is 0.918. The molecule has 0 spiro atoms. The van der Waals surface area contributed by atoms with Gasteiger partial charge in [0.1, 0.15) is 0 Å². The molecule has 2 nitrogen and oxygen atoms in total. The van der Waals surface area contributed by atoms with Gasteiger partial charge in [0.15, 0.2) is 5.88 Å². The van der Waals surface area contributed by atoms with E-state index in [4.69, 9.17) is 4.74 Å². The highest BCUT2D eigenvalue weighted by Crippen LogP contribution is 2.18. The van der Waals surface area contributed by atoms with Gasteiger partial charge in [-0.25, -0.2) is 0 Å². The Hall–Kier alpha value is -0.660. The molecule has 0 amide bonds. The Kier molecular flexibility index (Phi) is 3.98. The number of ether oxygens (including phenoxy) is 1. The third kappa shape index (κ3) is 2.76. The molecule has 70 valence electrons. The molecule has 0 bridgehead atoms. The third-order valence-corrected chi connectivity index (χ3v) is 2.43. The smallest absolute Gasteiger partial charge is 0.182 e. The van der Waals surface area contributed by atoms with Crippen molar-refractivity contribution in [3.05, 3.63) is 12.0 Å². The van der Waals surface area contributed by atoms with Gasteiger partial charge in [-0.2, -0.15) is 0 Å². The first kappa shape index (κ1) is 9.43. The van der Waals surface area contributed by atoms with Crippen molar-refractivity contribution < 1.29 is 4.74 Å². The molecular weight excluding hydrogens is 150 g/mol. The maximum Gasteiger partial charge on any atom is 0.182 e. The van der Waals surface area contributed by atoms with E-state index in [1.165, 1.54) is 32.1 Å². The van der Waals surface area contributed by atoms with Gasteiger partial charge in [0.25, 0.3) is 0 Å². The van der Waals surface area contributed by atoms with Crippen molar-refractivity contribution in [3.63, 3.8) is 0 Å². The van der Waals surface area contributed by atoms with Crippen molar-refractivity contribution in [3.8, 4) is 0 Å². The fourth-order valence-electron chi connectivity index (χ4n) is 1.71. The molecule has 1 N–H and O–H groups in total. The molecule has 0 radical (unpaired) electrons. The number of hydrogen-bond acceptors (Lipinski definition) is 2. The molecule has 1 fully saturated rings. The maximum atomic E-state index is 5.15. The Morgan fingerprint density at radius 3 is 2.50 bits per heavy atom. The topological polar surface area (TPSA) is 21.3 Å². The van der Waals surface area contributed by atoms with Crippen LogP contribution in [0.25, 0.3) is 0 Å². The van der Waals surface area contributed by atoms with Crippen LogP contribution in [0.5, 0.6) is 0 Å². The van der Waals surface area contributed by atoms with Crippen molar-refractivity contribution in [2.24, 2.45) is 0 Å². The summed E-state index contributed by atoms with van der Waals surface area (Å²) in [7, 11) is 1.71. The zero-order valence-corrected chi connectivity index (χ0v) is 8.10. The second-order valence-corrected chi connectivity index (χ2v) is 3.34. The second-order valence-electron chi connectivity index (χ2n) is 3.34. The van der Waals surface area contributed by atoms with Crippen LogP contribution >= 0.6 is 0 Å². The van der Waals surface area contributed by atoms with Gasteiger partial charge in [-0.1, -0.05) is 19.3 Å². The van der Waals surface area contributed by atoms with E-state index < -0.39 is 0 Å². The Morgan fingerprint density at radius 2 is 2.00 bits per heavy atom. The lowest BCUT2D eigenvalue weighted by atomic mass is 9.96. The normalized spacial score (nSPS) is 20.7. The molecule has 1 rings (SSSR count). The fraction of sp³-hybridized carbons (Fsp3) is 0.800. The molecule has 12 heavy (non-hydrogen) atoms. The summed E-state index contributed by atoms with van der Waals surface area (Å²) < 4.78 is 5.15. The van der Waals surface area contributed by atoms with Crippen LogP contribution in [0.2, 0.25) is 0 Å². The predicted octanol–water partition coefficient (Wildman–Crippen LogP) is 2.42. The SMILES string of the molecule is C/C=C(/NC1CCCCC1)OC. The molecule has 1 saturated carbocycles. The highest BCUT2D eigenvalue weighted by molar-refractivity contribution is 4.90. The van der Waals surface area contributed by atoms with Crippen LogP contribution < -0.4 is 5.32 Å². The molecule has 0 heterocycles. The van der Waals surface area contributed by atoms with Gasteiger partial charge in [-0.15, -0.1) is 0 Å². The zero-order valence-electron chi connectivity index (χ0n) is 8.10. The second kappa shape index (κ2) is 5.07. The van der Waals surface area contributed by atoms with Crippen molar-refractivity contribution in [2.45, 2.75) is 45.1 Å². The number of rotatable bonds is 3. The molecular formula is C10H19NO. The Bertz CT molecular complexity index is 148. The van der Waals surface area contributed by atoms with E-state index in [0.717, 1.165) is 5.88 Å². The van der Waals surface area contributed by atoms with E-state index in [1.54, 1.807) is 7.11 Å². The predicted molar refractivity (Wildman–Crippen MR) is 50.8 cm³/mol. The van der Waals surface area contributed by atoms with Crippen molar-refractivity contribution in [1.82, 2.24) is 5.32 Å². The van der Waals surface area contributed by atoms with Crippen molar-refractivity contribution in [2.75, 3.05) is 7.11 Å². The highest BCUT2D eigenvalue weighted by Gasteiger charge is 2.13. The van der Waals surface area contributed by atoms with Gasteiger partial charge in [-0.05, 0) is 25.8 Å². The van der Waals surface area contributed by atoms with Crippen LogP contribution in [0.15, 0.2) is 12.0 Å². The van der Waals surface area contributed by atoms with Crippen LogP contribution in [-0.2, 0) is 4.74 Å². The Balaban J connectivity index is 2.28. The summed E-state index contributed by atoms with van der Waals surface area (Å²) in [5.41, 5.74) is 0. The summed E-state index contributed by atoms with van der Waals surface area (Å²) in [4.78, 5) is 0. The lowest BCUT2D eigenvalue weighted by Crippen LogP contribution is -2.30. The summed E-state index contributed by atoms with van der Waals surface area (Å²) in [6.07, 6.45) is 8.68. The number of hydrogen-bond donors (Lipinski definition) is 1. The largest absolute Gasteiger partial charge is 0.483 e. The van der Waals surface area contributed by atoms with Gasteiger partial charge in [0, 0.05) is 6.04 Å². The maximum absolute atomic E-state index is 5.15. The summed E-state index contributed by atoms with van der Waals surface area (Å²) in [5, 5.41) is 3.39. The Morgan fingerprint density at radius 1 is 1.33 bits per heavy atom. The van der Waals surface area contributed by atoms with E-state index in [-0.39, 0.29) is 0 Å². The van der Waals surface area contributed by atoms with Crippen molar-refractivity contribution in [1.29, 1.82) is 0 Å². The number of nitrogens with one attached hydrogen (secondary N) is 1. The van der Waals surface area contributed by atoms with Crippen LogP contribution in [0.1, 0.15) is 39.0 Å². The molecule has 1 aliphatic rings. The summed E-state index contributed by atoms with van der Waals surface area (Å²) >= 11 is 0. The lowest BCUT2D eigenvalue weighted by Gasteiger charge is -2.24. The zero-order chi connectivity index (χ0) is 8.81. The molecule has 1 aliphatic carbocycles. The molecule has 0 aromatic heterocycles. The molecule has 0 atom stereocenters. The van der Waals surface area contributed by atoms with Gasteiger partial charge >= 0.3 is 0 Å². The van der Waals surface area contributed by atoms with Crippen LogP contribution in [0.4, 0.5) is 0 Å². The first-order chi connectivity index (χ1) is 5.86. The van der Waals surface area contributed by atoms with E-state index >= 15 is 0 Å². The highest BCUT2D eigenvalue weighted by atomic mass is 16.5. The van der Waals surface area contributed by atoms with Crippen molar-refractivity contribution >= 4 is 0 Å². The van der Waals surface area contributed by atoms with Gasteiger partial charge in [-0.3, -0.25) is 0 Å². The van der Waals surface area contributed by atoms with Gasteiger partial charge < -0.3 is 10.1 Å². The fourth-order valence-corrected chi connectivity index (χ4v) is 1.71. The minimum absolute atomic E-state index is 0.643. The quantitative estimate of drug-likeness (QED) is 0.655. The monoisotopic (exact) mass is 169 g/mol. The van der Waals surface area contributed by atoms with Crippen LogP contribution in [-0.4, -0.2) is 13.2 Å². The van der Waals surface area contributed by atoms with E-state index in [9.17, 15) is 0 Å². The first-order valence-electron chi connectivity index (χ1n) is 4.83. The third-order valence-electron chi connectivity index (χ3n) is 2.43. The average molecular weight is 169 g/mol. The Labute approximate surface area is 75.0 Å². The molecule has 2 heteroatoms. The molecule has 0 saturated heterocycles. The summed E-state index contributed by atoms with van der Waals surface area (Å²) in [6.45, 7) is 1.99. The number of methoxy groups -OCH3 is 1.